The highest BCUT2D eigenvalue weighted by Gasteiger charge is 2.11. The maximum absolute atomic E-state index is 11.0. The quantitative estimate of drug-likeness (QED) is 0.304. The van der Waals surface area contributed by atoms with Gasteiger partial charge in [0, 0.05) is 5.57 Å². The highest BCUT2D eigenvalue weighted by Crippen LogP contribution is 2.06. The maximum atomic E-state index is 11.0. The van der Waals surface area contributed by atoms with E-state index in [2.05, 4.69) is 16.4 Å². The number of rotatable bonds is 7. The standard InChI is InChI=1S/C8H14O6S/c1-3-13-14-8(9)7(2)5-4-6-15(10,11)12/h2-6H2,1H3,(H,10,11,12). The van der Waals surface area contributed by atoms with E-state index in [1.165, 1.54) is 0 Å². The third-order valence-electron chi connectivity index (χ3n) is 1.42. The van der Waals surface area contributed by atoms with E-state index in [0.29, 0.717) is 0 Å². The lowest BCUT2D eigenvalue weighted by molar-refractivity contribution is -0.265. The van der Waals surface area contributed by atoms with Gasteiger partial charge < -0.3 is 0 Å². The molecule has 0 atom stereocenters. The lowest BCUT2D eigenvalue weighted by Gasteiger charge is -2.03. The van der Waals surface area contributed by atoms with E-state index in [1.54, 1.807) is 6.92 Å². The van der Waals surface area contributed by atoms with Crippen molar-refractivity contribution in [3.05, 3.63) is 12.2 Å². The summed E-state index contributed by atoms with van der Waals surface area (Å²) in [6, 6.07) is 0. The number of carbonyl (C=O) groups excluding carboxylic acids is 1. The van der Waals surface area contributed by atoms with Crippen LogP contribution >= 0.6 is 0 Å². The molecule has 7 heteroatoms. The van der Waals surface area contributed by atoms with Crippen molar-refractivity contribution >= 4 is 16.1 Å². The average Bonchev–Trinajstić information content (AvgIpc) is 2.11. The van der Waals surface area contributed by atoms with Crippen LogP contribution in [0.15, 0.2) is 12.2 Å². The third kappa shape index (κ3) is 8.10. The van der Waals surface area contributed by atoms with E-state index in [9.17, 15) is 13.2 Å². The summed E-state index contributed by atoms with van der Waals surface area (Å²) in [5.41, 5.74) is 0.104. The van der Waals surface area contributed by atoms with Crippen LogP contribution in [0.5, 0.6) is 0 Å². The Labute approximate surface area is 88.6 Å². The fourth-order valence-electron chi connectivity index (χ4n) is 0.741. The Morgan fingerprint density at radius 3 is 2.53 bits per heavy atom. The van der Waals surface area contributed by atoms with Crippen molar-refractivity contribution in [1.29, 1.82) is 0 Å². The highest BCUT2D eigenvalue weighted by molar-refractivity contribution is 7.85. The summed E-state index contributed by atoms with van der Waals surface area (Å²) in [5, 5.41) is 0. The Morgan fingerprint density at radius 2 is 2.07 bits per heavy atom. The van der Waals surface area contributed by atoms with E-state index in [4.69, 9.17) is 4.55 Å². The molecule has 88 valence electrons. The van der Waals surface area contributed by atoms with Gasteiger partial charge in [-0.05, 0) is 19.8 Å². The predicted molar refractivity (Wildman–Crippen MR) is 52.5 cm³/mol. The molecule has 0 aliphatic rings. The minimum absolute atomic E-state index is 0.104. The Hall–Kier alpha value is -0.920. The molecule has 0 unspecified atom stereocenters. The van der Waals surface area contributed by atoms with Crippen molar-refractivity contribution in [2.75, 3.05) is 12.4 Å². The Kier molecular flexibility index (Phi) is 6.14. The fourth-order valence-corrected chi connectivity index (χ4v) is 1.25. The van der Waals surface area contributed by atoms with Gasteiger partial charge in [0.15, 0.2) is 0 Å². The van der Waals surface area contributed by atoms with Crippen LogP contribution in [0.25, 0.3) is 0 Å². The van der Waals surface area contributed by atoms with Crippen LogP contribution in [0, 0.1) is 0 Å². The maximum Gasteiger partial charge on any atom is 0.368 e. The zero-order chi connectivity index (χ0) is 11.9. The van der Waals surface area contributed by atoms with Crippen LogP contribution in [0.1, 0.15) is 19.8 Å². The number of hydrogen-bond acceptors (Lipinski definition) is 5. The second-order valence-electron chi connectivity index (χ2n) is 2.77. The summed E-state index contributed by atoms with van der Waals surface area (Å²) in [6.07, 6.45) is 0.241. The van der Waals surface area contributed by atoms with Crippen LogP contribution in [0.2, 0.25) is 0 Å². The van der Waals surface area contributed by atoms with E-state index < -0.39 is 21.8 Å². The van der Waals surface area contributed by atoms with Gasteiger partial charge in [-0.2, -0.15) is 13.3 Å². The van der Waals surface area contributed by atoms with Gasteiger partial charge in [-0.3, -0.25) is 9.44 Å². The van der Waals surface area contributed by atoms with Gasteiger partial charge in [-0.15, -0.1) is 0 Å². The molecular formula is C8H14O6S. The topological polar surface area (TPSA) is 89.9 Å². The molecule has 0 heterocycles. The SMILES string of the molecule is C=C(CCCS(=O)(=O)O)C(=O)OOCC. The molecule has 0 aromatic carbocycles. The Morgan fingerprint density at radius 1 is 1.47 bits per heavy atom. The molecular weight excluding hydrogens is 224 g/mol. The zero-order valence-corrected chi connectivity index (χ0v) is 9.25. The van der Waals surface area contributed by atoms with Gasteiger partial charge in [0.05, 0.1) is 12.4 Å². The first kappa shape index (κ1) is 14.1. The molecule has 0 rings (SSSR count). The molecule has 0 amide bonds. The molecule has 6 nitrogen and oxygen atoms in total. The summed E-state index contributed by atoms with van der Waals surface area (Å²) in [7, 11) is -3.99. The van der Waals surface area contributed by atoms with Crippen LogP contribution in [0.4, 0.5) is 0 Å². The first-order chi connectivity index (χ1) is 6.87. The average molecular weight is 238 g/mol. The van der Waals surface area contributed by atoms with Crippen molar-refractivity contribution in [3.63, 3.8) is 0 Å². The first-order valence-electron chi connectivity index (χ1n) is 4.33. The van der Waals surface area contributed by atoms with E-state index >= 15 is 0 Å². The normalized spacial score (nSPS) is 11.1. The van der Waals surface area contributed by atoms with Crippen molar-refractivity contribution < 1.29 is 27.5 Å². The van der Waals surface area contributed by atoms with Gasteiger partial charge in [-0.1, -0.05) is 6.58 Å². The van der Waals surface area contributed by atoms with Crippen molar-refractivity contribution in [3.8, 4) is 0 Å². The second kappa shape index (κ2) is 6.54. The van der Waals surface area contributed by atoms with E-state index in [-0.39, 0.29) is 25.0 Å². The van der Waals surface area contributed by atoms with Crippen LogP contribution in [-0.2, 0) is 24.7 Å². The first-order valence-corrected chi connectivity index (χ1v) is 5.94. The second-order valence-corrected chi connectivity index (χ2v) is 4.34. The molecule has 0 bridgehead atoms. The van der Waals surface area contributed by atoms with Gasteiger partial charge in [-0.25, -0.2) is 4.79 Å². The van der Waals surface area contributed by atoms with Crippen LogP contribution in [0.3, 0.4) is 0 Å². The molecule has 0 aliphatic carbocycles. The Bertz CT molecular complexity index is 318. The lowest BCUT2D eigenvalue weighted by Crippen LogP contribution is -2.10. The van der Waals surface area contributed by atoms with E-state index in [1.807, 2.05) is 0 Å². The monoisotopic (exact) mass is 238 g/mol. The minimum atomic E-state index is -3.99. The van der Waals surface area contributed by atoms with Gasteiger partial charge >= 0.3 is 5.97 Å². The molecule has 0 spiro atoms. The Balaban J connectivity index is 3.79. The van der Waals surface area contributed by atoms with Gasteiger partial charge in [0.25, 0.3) is 10.1 Å². The summed E-state index contributed by atoms with van der Waals surface area (Å²) in [5.74, 6) is -1.14. The van der Waals surface area contributed by atoms with Crippen molar-refractivity contribution in [1.82, 2.24) is 0 Å². The molecule has 0 saturated heterocycles. The summed E-state index contributed by atoms with van der Waals surface area (Å²) in [4.78, 5) is 19.7. The minimum Gasteiger partial charge on any atom is -0.293 e. The molecule has 0 saturated carbocycles. The molecule has 0 aromatic heterocycles. The fraction of sp³-hybridized carbons (Fsp3) is 0.625. The molecule has 1 N–H and O–H groups in total. The smallest absolute Gasteiger partial charge is 0.293 e. The third-order valence-corrected chi connectivity index (χ3v) is 2.23. The van der Waals surface area contributed by atoms with Gasteiger partial charge in [0.2, 0.25) is 0 Å². The predicted octanol–water partition coefficient (Wildman–Crippen LogP) is 0.705. The highest BCUT2D eigenvalue weighted by atomic mass is 32.2. The largest absolute Gasteiger partial charge is 0.368 e. The molecule has 0 aliphatic heterocycles. The summed E-state index contributed by atoms with van der Waals surface area (Å²) < 4.78 is 29.1. The van der Waals surface area contributed by atoms with Gasteiger partial charge in [0.1, 0.15) is 0 Å². The molecule has 0 aromatic rings. The molecule has 0 fully saturated rings. The zero-order valence-electron chi connectivity index (χ0n) is 8.43. The number of hydrogen-bond donors (Lipinski definition) is 1. The van der Waals surface area contributed by atoms with Crippen molar-refractivity contribution in [2.24, 2.45) is 0 Å². The summed E-state index contributed by atoms with van der Waals surface area (Å²) >= 11 is 0. The number of carbonyl (C=O) groups is 1. The van der Waals surface area contributed by atoms with Crippen molar-refractivity contribution in [2.45, 2.75) is 19.8 Å². The van der Waals surface area contributed by atoms with Crippen LogP contribution in [-0.4, -0.2) is 31.3 Å². The van der Waals surface area contributed by atoms with Crippen LogP contribution < -0.4 is 0 Å². The summed E-state index contributed by atoms with van der Waals surface area (Å²) in [6.45, 7) is 5.27. The lowest BCUT2D eigenvalue weighted by atomic mass is 10.2. The van der Waals surface area contributed by atoms with E-state index in [0.717, 1.165) is 0 Å². The molecule has 0 radical (unpaired) electrons. The molecule has 15 heavy (non-hydrogen) atoms.